The molecule has 0 fully saturated rings. The van der Waals surface area contributed by atoms with Crippen molar-refractivity contribution >= 4 is 11.6 Å². The minimum absolute atomic E-state index is 0.000498. The Morgan fingerprint density at radius 2 is 1.95 bits per heavy atom. The first kappa shape index (κ1) is 12.9. The lowest BCUT2D eigenvalue weighted by atomic mass is 10.3. The highest BCUT2D eigenvalue weighted by atomic mass is 19.1. The number of phenolic OH excluding ortho intramolecular Hbond substituents is 1. The molecule has 2 aromatic rings. The van der Waals surface area contributed by atoms with E-state index in [2.05, 4.69) is 5.32 Å². The Morgan fingerprint density at radius 3 is 2.63 bits per heavy atom. The molecule has 0 spiro atoms. The third kappa shape index (κ3) is 3.70. The van der Waals surface area contributed by atoms with E-state index < -0.39 is 11.7 Å². The molecule has 2 rings (SSSR count). The number of aromatic hydroxyl groups is 1. The third-order valence-electron chi connectivity index (χ3n) is 2.34. The number of hydrogen-bond acceptors (Lipinski definition) is 3. The first-order chi connectivity index (χ1) is 9.15. The van der Waals surface area contributed by atoms with Crippen molar-refractivity contribution in [3.63, 3.8) is 0 Å². The number of rotatable bonds is 4. The van der Waals surface area contributed by atoms with Gasteiger partial charge in [-0.1, -0.05) is 18.2 Å². The molecule has 19 heavy (non-hydrogen) atoms. The molecule has 0 heterocycles. The van der Waals surface area contributed by atoms with Crippen LogP contribution in [0, 0.1) is 5.82 Å². The second-order valence-electron chi connectivity index (χ2n) is 3.81. The zero-order valence-corrected chi connectivity index (χ0v) is 9.97. The first-order valence-corrected chi connectivity index (χ1v) is 5.61. The van der Waals surface area contributed by atoms with Gasteiger partial charge in [0.2, 0.25) is 0 Å². The van der Waals surface area contributed by atoms with Crippen LogP contribution in [0.4, 0.5) is 10.1 Å². The maximum atomic E-state index is 13.4. The Balaban J connectivity index is 1.91. The van der Waals surface area contributed by atoms with Crippen molar-refractivity contribution in [1.82, 2.24) is 0 Å². The predicted octanol–water partition coefficient (Wildman–Crippen LogP) is 2.55. The number of hydrogen-bond donors (Lipinski definition) is 2. The summed E-state index contributed by atoms with van der Waals surface area (Å²) in [6, 6.07) is 12.3. The third-order valence-corrected chi connectivity index (χ3v) is 2.34. The molecule has 0 aliphatic carbocycles. The van der Waals surface area contributed by atoms with E-state index in [1.807, 2.05) is 6.07 Å². The summed E-state index contributed by atoms with van der Waals surface area (Å²) in [6.07, 6.45) is 0. The molecule has 0 aromatic heterocycles. The summed E-state index contributed by atoms with van der Waals surface area (Å²) in [5.41, 5.74) is -0.000498. The molecule has 2 N–H and O–H groups in total. The van der Waals surface area contributed by atoms with Crippen molar-refractivity contribution < 1.29 is 19.0 Å². The summed E-state index contributed by atoms with van der Waals surface area (Å²) in [6.45, 7) is -0.218. The molecule has 0 atom stereocenters. The summed E-state index contributed by atoms with van der Waals surface area (Å²) in [7, 11) is 0. The van der Waals surface area contributed by atoms with Crippen LogP contribution in [0.1, 0.15) is 0 Å². The molecule has 4 nitrogen and oxygen atoms in total. The summed E-state index contributed by atoms with van der Waals surface area (Å²) in [5, 5.41) is 11.4. The van der Waals surface area contributed by atoms with Crippen LogP contribution in [-0.2, 0) is 4.79 Å². The van der Waals surface area contributed by atoms with Crippen LogP contribution in [0.25, 0.3) is 0 Å². The fourth-order valence-electron chi connectivity index (χ4n) is 1.46. The highest BCUT2D eigenvalue weighted by Gasteiger charge is 2.08. The van der Waals surface area contributed by atoms with Gasteiger partial charge in [-0.25, -0.2) is 4.39 Å². The van der Waals surface area contributed by atoms with Gasteiger partial charge in [-0.2, -0.15) is 0 Å². The Hall–Kier alpha value is -2.56. The van der Waals surface area contributed by atoms with Gasteiger partial charge in [0.25, 0.3) is 5.91 Å². The highest BCUT2D eigenvalue weighted by Crippen LogP contribution is 2.19. The summed E-state index contributed by atoms with van der Waals surface area (Å²) in [4.78, 5) is 11.6. The molecule has 0 unspecified atom stereocenters. The molecule has 0 bridgehead atoms. The minimum atomic E-state index is -0.701. The van der Waals surface area contributed by atoms with Crippen LogP contribution >= 0.6 is 0 Å². The van der Waals surface area contributed by atoms with Gasteiger partial charge in [0.05, 0.1) is 5.69 Å². The van der Waals surface area contributed by atoms with E-state index in [9.17, 15) is 9.18 Å². The SMILES string of the molecule is O=C(COc1ccccc1)Nc1ccc(O)cc1F. The van der Waals surface area contributed by atoms with E-state index in [4.69, 9.17) is 9.84 Å². The smallest absolute Gasteiger partial charge is 0.262 e. The number of nitrogens with one attached hydrogen (secondary N) is 1. The van der Waals surface area contributed by atoms with Gasteiger partial charge in [-0.15, -0.1) is 0 Å². The molecular formula is C14H12FNO3. The number of halogens is 1. The van der Waals surface area contributed by atoms with E-state index in [-0.39, 0.29) is 18.0 Å². The summed E-state index contributed by atoms with van der Waals surface area (Å²) in [5.74, 6) is -0.818. The molecule has 2 aromatic carbocycles. The lowest BCUT2D eigenvalue weighted by molar-refractivity contribution is -0.118. The van der Waals surface area contributed by atoms with Crippen LogP contribution in [0.2, 0.25) is 0 Å². The molecule has 0 aliphatic heterocycles. The van der Waals surface area contributed by atoms with Crippen LogP contribution in [0.3, 0.4) is 0 Å². The predicted molar refractivity (Wildman–Crippen MR) is 68.6 cm³/mol. The average Bonchev–Trinajstić information content (AvgIpc) is 2.41. The number of anilines is 1. The lowest BCUT2D eigenvalue weighted by Crippen LogP contribution is -2.20. The maximum absolute atomic E-state index is 13.4. The van der Waals surface area contributed by atoms with Crippen molar-refractivity contribution in [2.75, 3.05) is 11.9 Å². The van der Waals surface area contributed by atoms with Crippen molar-refractivity contribution in [3.8, 4) is 11.5 Å². The standard InChI is InChI=1S/C14H12FNO3/c15-12-8-10(17)6-7-13(12)16-14(18)9-19-11-4-2-1-3-5-11/h1-8,17H,9H2,(H,16,18). The average molecular weight is 261 g/mol. The molecule has 98 valence electrons. The van der Waals surface area contributed by atoms with Gasteiger partial charge < -0.3 is 15.2 Å². The van der Waals surface area contributed by atoms with Gasteiger partial charge >= 0.3 is 0 Å². The number of para-hydroxylation sites is 1. The number of phenols is 1. The van der Waals surface area contributed by atoms with Gasteiger partial charge in [-0.3, -0.25) is 4.79 Å². The van der Waals surface area contributed by atoms with Gasteiger partial charge in [0, 0.05) is 6.07 Å². The normalized spacial score (nSPS) is 9.95. The van der Waals surface area contributed by atoms with Crippen molar-refractivity contribution in [2.45, 2.75) is 0 Å². The lowest BCUT2D eigenvalue weighted by Gasteiger charge is -2.08. The van der Waals surface area contributed by atoms with Crippen molar-refractivity contribution in [3.05, 3.63) is 54.3 Å². The molecular weight excluding hydrogens is 249 g/mol. The number of carbonyl (C=O) groups excluding carboxylic acids is 1. The van der Waals surface area contributed by atoms with E-state index in [1.54, 1.807) is 24.3 Å². The number of carbonyl (C=O) groups is 1. The second kappa shape index (κ2) is 5.86. The molecule has 0 radical (unpaired) electrons. The van der Waals surface area contributed by atoms with Crippen LogP contribution in [0.15, 0.2) is 48.5 Å². The molecule has 1 amide bonds. The monoisotopic (exact) mass is 261 g/mol. The Labute approximate surface area is 109 Å². The van der Waals surface area contributed by atoms with Gasteiger partial charge in [0.15, 0.2) is 6.61 Å². The Kier molecular flexibility index (Phi) is 3.97. The maximum Gasteiger partial charge on any atom is 0.262 e. The van der Waals surface area contributed by atoms with Crippen LogP contribution in [0.5, 0.6) is 11.5 Å². The molecule has 5 heteroatoms. The number of amides is 1. The summed E-state index contributed by atoms with van der Waals surface area (Å²) < 4.78 is 18.6. The van der Waals surface area contributed by atoms with Gasteiger partial charge in [0.1, 0.15) is 17.3 Å². The summed E-state index contributed by atoms with van der Waals surface area (Å²) >= 11 is 0. The van der Waals surface area contributed by atoms with Crippen molar-refractivity contribution in [2.24, 2.45) is 0 Å². The van der Waals surface area contributed by atoms with Crippen LogP contribution in [-0.4, -0.2) is 17.6 Å². The quantitative estimate of drug-likeness (QED) is 0.831. The number of ether oxygens (including phenoxy) is 1. The van der Waals surface area contributed by atoms with E-state index in [1.165, 1.54) is 12.1 Å². The van der Waals surface area contributed by atoms with Crippen molar-refractivity contribution in [1.29, 1.82) is 0 Å². The zero-order valence-electron chi connectivity index (χ0n) is 9.97. The van der Waals surface area contributed by atoms with E-state index in [0.29, 0.717) is 5.75 Å². The zero-order chi connectivity index (χ0) is 13.7. The number of benzene rings is 2. The minimum Gasteiger partial charge on any atom is -0.508 e. The topological polar surface area (TPSA) is 58.6 Å². The fraction of sp³-hybridized carbons (Fsp3) is 0.0714. The second-order valence-corrected chi connectivity index (χ2v) is 3.81. The largest absolute Gasteiger partial charge is 0.508 e. The highest BCUT2D eigenvalue weighted by molar-refractivity contribution is 5.92. The van der Waals surface area contributed by atoms with Crippen LogP contribution < -0.4 is 10.1 Å². The Bertz CT molecular complexity index is 572. The van der Waals surface area contributed by atoms with E-state index in [0.717, 1.165) is 6.07 Å². The fourth-order valence-corrected chi connectivity index (χ4v) is 1.46. The van der Waals surface area contributed by atoms with Gasteiger partial charge in [-0.05, 0) is 24.3 Å². The van der Waals surface area contributed by atoms with E-state index >= 15 is 0 Å². The first-order valence-electron chi connectivity index (χ1n) is 5.61. The molecule has 0 aliphatic rings. The Morgan fingerprint density at radius 1 is 1.21 bits per heavy atom. The molecule has 0 saturated heterocycles. The molecule has 0 saturated carbocycles.